The van der Waals surface area contributed by atoms with E-state index < -0.39 is 5.92 Å². The molecule has 0 aromatic heterocycles. The van der Waals surface area contributed by atoms with E-state index in [1.54, 1.807) is 36.4 Å². The summed E-state index contributed by atoms with van der Waals surface area (Å²) in [6.45, 7) is 2.01. The molecule has 0 spiro atoms. The monoisotopic (exact) mass is 474 g/mol. The largest absolute Gasteiger partial charge is 0.508 e. The lowest BCUT2D eigenvalue weighted by molar-refractivity contribution is 0.458. The number of hydrogen-bond acceptors (Lipinski definition) is 4. The average Bonchev–Trinajstić information content (AvgIpc) is 2.87. The summed E-state index contributed by atoms with van der Waals surface area (Å²) >= 11 is 0. The van der Waals surface area contributed by atoms with E-state index in [0.717, 1.165) is 33.4 Å². The minimum Gasteiger partial charge on any atom is -0.508 e. The fourth-order valence-electron chi connectivity index (χ4n) is 4.61. The topological polar surface area (TPSA) is 80.9 Å². The number of benzene rings is 5. The highest BCUT2D eigenvalue weighted by Gasteiger charge is 2.24. The van der Waals surface area contributed by atoms with Gasteiger partial charge in [-0.25, -0.2) is 0 Å². The second kappa shape index (κ2) is 9.51. The minimum absolute atomic E-state index is 0.124. The predicted molar refractivity (Wildman–Crippen MR) is 143 cm³/mol. The van der Waals surface area contributed by atoms with Crippen LogP contribution in [-0.4, -0.2) is 20.4 Å². The Morgan fingerprint density at radius 1 is 0.472 bits per heavy atom. The Bertz CT molecular complexity index is 1420. The van der Waals surface area contributed by atoms with E-state index in [-0.39, 0.29) is 23.0 Å². The molecule has 0 aliphatic carbocycles. The van der Waals surface area contributed by atoms with E-state index in [1.807, 2.05) is 73.7 Å². The van der Waals surface area contributed by atoms with Crippen LogP contribution < -0.4 is 0 Å². The first-order valence-electron chi connectivity index (χ1n) is 11.7. The first kappa shape index (κ1) is 23.1. The average molecular weight is 475 g/mol. The SMILES string of the molecule is Cc1cccc(C(c2cc(-c3ccc(O)cc3)ccc2O)c2cc(-c3ccc(O)cc3)ccc2O)c1. The first-order chi connectivity index (χ1) is 17.4. The molecule has 0 amide bonds. The highest BCUT2D eigenvalue weighted by Crippen LogP contribution is 2.43. The van der Waals surface area contributed by atoms with E-state index >= 15 is 0 Å². The Kier molecular flexibility index (Phi) is 6.09. The van der Waals surface area contributed by atoms with E-state index in [9.17, 15) is 20.4 Å². The molecule has 5 aromatic carbocycles. The van der Waals surface area contributed by atoms with Crippen LogP contribution in [0.4, 0.5) is 0 Å². The van der Waals surface area contributed by atoms with Gasteiger partial charge in [-0.3, -0.25) is 0 Å². The van der Waals surface area contributed by atoms with Crippen LogP contribution in [0.1, 0.15) is 28.2 Å². The fraction of sp³-hybridized carbons (Fsp3) is 0.0625. The van der Waals surface area contributed by atoms with Crippen molar-refractivity contribution in [1.82, 2.24) is 0 Å². The van der Waals surface area contributed by atoms with Gasteiger partial charge in [-0.15, -0.1) is 0 Å². The molecule has 0 heterocycles. The van der Waals surface area contributed by atoms with E-state index in [1.165, 1.54) is 0 Å². The van der Waals surface area contributed by atoms with Crippen molar-refractivity contribution in [2.24, 2.45) is 0 Å². The molecule has 0 aliphatic rings. The van der Waals surface area contributed by atoms with Gasteiger partial charge in [0.1, 0.15) is 23.0 Å². The van der Waals surface area contributed by atoms with Gasteiger partial charge >= 0.3 is 0 Å². The van der Waals surface area contributed by atoms with Gasteiger partial charge in [0, 0.05) is 17.0 Å². The van der Waals surface area contributed by atoms with Crippen molar-refractivity contribution in [3.8, 4) is 45.3 Å². The van der Waals surface area contributed by atoms with E-state index in [0.29, 0.717) is 11.1 Å². The van der Waals surface area contributed by atoms with Crippen LogP contribution in [0.3, 0.4) is 0 Å². The predicted octanol–water partition coefficient (Wildman–Crippen LogP) is 7.33. The van der Waals surface area contributed by atoms with Gasteiger partial charge in [0.25, 0.3) is 0 Å². The Balaban J connectivity index is 1.71. The molecule has 36 heavy (non-hydrogen) atoms. The Morgan fingerprint density at radius 3 is 1.36 bits per heavy atom. The summed E-state index contributed by atoms with van der Waals surface area (Å²) in [6.07, 6.45) is 0. The molecule has 4 nitrogen and oxygen atoms in total. The number of phenols is 4. The van der Waals surface area contributed by atoms with E-state index in [4.69, 9.17) is 0 Å². The number of phenolic OH excluding ortho intramolecular Hbond substituents is 4. The third-order valence-corrected chi connectivity index (χ3v) is 6.45. The maximum Gasteiger partial charge on any atom is 0.119 e. The van der Waals surface area contributed by atoms with Gasteiger partial charge in [0.2, 0.25) is 0 Å². The Labute approximate surface area is 210 Å². The van der Waals surface area contributed by atoms with Gasteiger partial charge in [0.15, 0.2) is 0 Å². The quantitative estimate of drug-likeness (QED) is 0.201. The number of aryl methyl sites for hydroxylation is 1. The normalized spacial score (nSPS) is 11.1. The Morgan fingerprint density at radius 2 is 0.917 bits per heavy atom. The molecule has 5 rings (SSSR count). The molecule has 4 heteroatoms. The van der Waals surface area contributed by atoms with Crippen molar-refractivity contribution in [3.05, 3.63) is 131 Å². The molecule has 0 radical (unpaired) electrons. The lowest BCUT2D eigenvalue weighted by Gasteiger charge is -2.23. The van der Waals surface area contributed by atoms with Crippen molar-refractivity contribution in [2.75, 3.05) is 0 Å². The molecule has 0 bridgehead atoms. The van der Waals surface area contributed by atoms with Crippen molar-refractivity contribution < 1.29 is 20.4 Å². The summed E-state index contributed by atoms with van der Waals surface area (Å²) in [6, 6.07) is 32.8. The smallest absolute Gasteiger partial charge is 0.119 e. The molecule has 0 saturated heterocycles. The summed E-state index contributed by atoms with van der Waals surface area (Å²) < 4.78 is 0. The first-order valence-corrected chi connectivity index (χ1v) is 11.7. The molecule has 0 aliphatic heterocycles. The summed E-state index contributed by atoms with van der Waals surface area (Å²) in [7, 11) is 0. The van der Waals surface area contributed by atoms with Crippen molar-refractivity contribution >= 4 is 0 Å². The molecule has 0 saturated carbocycles. The second-order valence-electron chi connectivity index (χ2n) is 8.99. The van der Waals surface area contributed by atoms with Gasteiger partial charge in [-0.1, -0.05) is 66.2 Å². The summed E-state index contributed by atoms with van der Waals surface area (Å²) in [5.41, 5.74) is 6.89. The van der Waals surface area contributed by atoms with Crippen LogP contribution in [0.2, 0.25) is 0 Å². The third-order valence-electron chi connectivity index (χ3n) is 6.45. The van der Waals surface area contributed by atoms with Gasteiger partial charge < -0.3 is 20.4 Å². The van der Waals surface area contributed by atoms with Crippen LogP contribution >= 0.6 is 0 Å². The lowest BCUT2D eigenvalue weighted by Crippen LogP contribution is -2.05. The van der Waals surface area contributed by atoms with Crippen LogP contribution in [-0.2, 0) is 0 Å². The van der Waals surface area contributed by atoms with Crippen molar-refractivity contribution in [3.63, 3.8) is 0 Å². The zero-order valence-corrected chi connectivity index (χ0v) is 19.8. The highest BCUT2D eigenvalue weighted by molar-refractivity contribution is 5.71. The lowest BCUT2D eigenvalue weighted by atomic mass is 9.81. The third kappa shape index (κ3) is 4.62. The number of aromatic hydroxyl groups is 4. The molecule has 0 fully saturated rings. The minimum atomic E-state index is -0.445. The van der Waals surface area contributed by atoms with E-state index in [2.05, 4.69) is 6.07 Å². The maximum atomic E-state index is 11.0. The maximum absolute atomic E-state index is 11.0. The fourth-order valence-corrected chi connectivity index (χ4v) is 4.61. The standard InChI is InChI=1S/C32H26O4/c1-20-3-2-4-25(17-20)32(28-18-23(9-15-30(28)35)21-5-11-26(33)12-6-21)29-19-24(10-16-31(29)36)22-7-13-27(34)14-8-22/h2-19,32-36H,1H3. The Hall–Kier alpha value is -4.70. The molecule has 5 aromatic rings. The molecular formula is C32H26O4. The summed E-state index contributed by atoms with van der Waals surface area (Å²) in [5.74, 6) is 0.175. The molecular weight excluding hydrogens is 448 g/mol. The highest BCUT2D eigenvalue weighted by atomic mass is 16.3. The molecule has 0 unspecified atom stereocenters. The van der Waals surface area contributed by atoms with Gasteiger partial charge in [-0.05, 0) is 83.3 Å². The molecule has 4 N–H and O–H groups in total. The van der Waals surface area contributed by atoms with Crippen LogP contribution in [0, 0.1) is 6.92 Å². The van der Waals surface area contributed by atoms with Crippen LogP contribution in [0.25, 0.3) is 22.3 Å². The zero-order chi connectivity index (χ0) is 25.2. The summed E-state index contributed by atoms with van der Waals surface area (Å²) in [4.78, 5) is 0. The van der Waals surface area contributed by atoms with Crippen molar-refractivity contribution in [2.45, 2.75) is 12.8 Å². The van der Waals surface area contributed by atoms with Gasteiger partial charge in [0.05, 0.1) is 0 Å². The van der Waals surface area contributed by atoms with Crippen molar-refractivity contribution in [1.29, 1.82) is 0 Å². The molecule has 178 valence electrons. The van der Waals surface area contributed by atoms with Crippen LogP contribution in [0.15, 0.2) is 109 Å². The second-order valence-corrected chi connectivity index (χ2v) is 8.99. The number of rotatable bonds is 5. The number of hydrogen-bond donors (Lipinski definition) is 4. The zero-order valence-electron chi connectivity index (χ0n) is 19.8. The summed E-state index contributed by atoms with van der Waals surface area (Å²) in [5, 5.41) is 41.5. The van der Waals surface area contributed by atoms with Crippen LogP contribution in [0.5, 0.6) is 23.0 Å². The molecule has 0 atom stereocenters. The van der Waals surface area contributed by atoms with Gasteiger partial charge in [-0.2, -0.15) is 0 Å².